The summed E-state index contributed by atoms with van der Waals surface area (Å²) in [6.07, 6.45) is -1.30. The third-order valence-electron chi connectivity index (χ3n) is 3.55. The first-order valence-corrected chi connectivity index (χ1v) is 9.57. The Labute approximate surface area is 161 Å². The second-order valence-electron chi connectivity index (χ2n) is 5.90. The van der Waals surface area contributed by atoms with Crippen LogP contribution in [0.15, 0.2) is 53.4 Å². The molecule has 0 radical (unpaired) electrons. The van der Waals surface area contributed by atoms with Crippen molar-refractivity contribution in [2.75, 3.05) is 4.72 Å². The second-order valence-corrected chi connectivity index (χ2v) is 7.59. The average molecular weight is 405 g/mol. The number of esters is 1. The topological polar surface area (TPSA) is 145 Å². The van der Waals surface area contributed by atoms with E-state index in [-0.39, 0.29) is 10.5 Å². The third kappa shape index (κ3) is 5.55. The van der Waals surface area contributed by atoms with Crippen molar-refractivity contribution in [3.63, 3.8) is 0 Å². The van der Waals surface area contributed by atoms with Gasteiger partial charge >= 0.3 is 12.0 Å². The Kier molecular flexibility index (Phi) is 6.37. The minimum atomic E-state index is -3.95. The summed E-state index contributed by atoms with van der Waals surface area (Å²) in [5.74, 6) is -1.83. The number of nitrogens with two attached hydrogens (primary N) is 1. The van der Waals surface area contributed by atoms with E-state index in [4.69, 9.17) is 10.5 Å². The van der Waals surface area contributed by atoms with E-state index < -0.39 is 34.0 Å². The van der Waals surface area contributed by atoms with Crippen LogP contribution in [0.4, 0.5) is 10.5 Å². The van der Waals surface area contributed by atoms with Gasteiger partial charge in [0.15, 0.2) is 6.10 Å². The van der Waals surface area contributed by atoms with Gasteiger partial charge in [0.1, 0.15) is 0 Å². The molecule has 0 fully saturated rings. The lowest BCUT2D eigenvalue weighted by atomic mass is 10.2. The van der Waals surface area contributed by atoms with Gasteiger partial charge in [-0.05, 0) is 49.7 Å². The number of ether oxygens (including phenoxy) is 1. The van der Waals surface area contributed by atoms with Crippen LogP contribution in [0.2, 0.25) is 0 Å². The highest BCUT2D eigenvalue weighted by molar-refractivity contribution is 7.92. The minimum absolute atomic E-state index is 0.0779. The van der Waals surface area contributed by atoms with Crippen molar-refractivity contribution in [1.29, 1.82) is 0 Å². The minimum Gasteiger partial charge on any atom is -0.449 e. The molecule has 0 bridgehead atoms. The van der Waals surface area contributed by atoms with Gasteiger partial charge in [-0.2, -0.15) is 0 Å². The lowest BCUT2D eigenvalue weighted by molar-refractivity contribution is -0.127. The van der Waals surface area contributed by atoms with Gasteiger partial charge in [-0.1, -0.05) is 18.2 Å². The van der Waals surface area contributed by atoms with Crippen molar-refractivity contribution < 1.29 is 27.5 Å². The number of nitrogens with one attached hydrogen (secondary N) is 2. The lowest BCUT2D eigenvalue weighted by Crippen LogP contribution is -2.42. The van der Waals surface area contributed by atoms with Crippen LogP contribution in [-0.2, 0) is 19.6 Å². The molecule has 0 aliphatic rings. The Morgan fingerprint density at radius 1 is 1.07 bits per heavy atom. The van der Waals surface area contributed by atoms with Gasteiger partial charge in [0.25, 0.3) is 15.9 Å². The molecule has 0 unspecified atom stereocenters. The Balaban J connectivity index is 2.17. The van der Waals surface area contributed by atoms with E-state index in [9.17, 15) is 22.8 Å². The molecule has 148 valence electrons. The standard InChI is InChI=1S/C18H19N3O6S/c1-11-5-3-7-14(9-11)21-28(25,26)15-8-4-6-13(10-15)17(23)27-12(2)16(22)20-18(19)24/h3-10,12,21H,1-2H3,(H3,19,20,22,24)/t12-/m0/s1. The normalized spacial score (nSPS) is 11.9. The molecule has 0 saturated carbocycles. The number of primary amides is 1. The fourth-order valence-electron chi connectivity index (χ4n) is 2.22. The summed E-state index contributed by atoms with van der Waals surface area (Å²) in [4.78, 5) is 34.3. The van der Waals surface area contributed by atoms with Crippen LogP contribution in [0.3, 0.4) is 0 Å². The molecule has 2 aromatic rings. The van der Waals surface area contributed by atoms with Crippen molar-refractivity contribution in [2.24, 2.45) is 5.73 Å². The predicted molar refractivity (Wildman–Crippen MR) is 101 cm³/mol. The maximum Gasteiger partial charge on any atom is 0.338 e. The molecule has 0 aliphatic heterocycles. The maximum atomic E-state index is 12.6. The first kappa shape index (κ1) is 20.9. The Bertz CT molecular complexity index is 1020. The fourth-order valence-corrected chi connectivity index (χ4v) is 3.31. The van der Waals surface area contributed by atoms with Crippen LogP contribution >= 0.6 is 0 Å². The van der Waals surface area contributed by atoms with Crippen molar-refractivity contribution >= 4 is 33.6 Å². The molecule has 2 aromatic carbocycles. The largest absolute Gasteiger partial charge is 0.449 e. The van der Waals surface area contributed by atoms with Crippen LogP contribution in [0.1, 0.15) is 22.8 Å². The smallest absolute Gasteiger partial charge is 0.338 e. The van der Waals surface area contributed by atoms with Gasteiger partial charge < -0.3 is 10.5 Å². The van der Waals surface area contributed by atoms with E-state index in [1.54, 1.807) is 23.5 Å². The zero-order chi connectivity index (χ0) is 20.9. The number of anilines is 1. The molecule has 1 atom stereocenters. The van der Waals surface area contributed by atoms with Gasteiger partial charge in [0.05, 0.1) is 10.5 Å². The van der Waals surface area contributed by atoms with Gasteiger partial charge in [-0.15, -0.1) is 0 Å². The third-order valence-corrected chi connectivity index (χ3v) is 4.93. The summed E-state index contributed by atoms with van der Waals surface area (Å²) in [6.45, 7) is 3.07. The average Bonchev–Trinajstić information content (AvgIpc) is 2.60. The summed E-state index contributed by atoms with van der Waals surface area (Å²) in [7, 11) is -3.95. The molecular formula is C18H19N3O6S. The van der Waals surface area contributed by atoms with Crippen LogP contribution in [0.25, 0.3) is 0 Å². The van der Waals surface area contributed by atoms with Crippen molar-refractivity contribution in [3.05, 3.63) is 59.7 Å². The molecule has 0 aromatic heterocycles. The highest BCUT2D eigenvalue weighted by Crippen LogP contribution is 2.18. The number of hydrogen-bond donors (Lipinski definition) is 3. The number of rotatable bonds is 6. The first-order chi connectivity index (χ1) is 13.1. The maximum absolute atomic E-state index is 12.6. The molecule has 0 aliphatic carbocycles. The molecular weight excluding hydrogens is 386 g/mol. The number of aryl methyl sites for hydroxylation is 1. The van der Waals surface area contributed by atoms with E-state index in [0.29, 0.717) is 5.69 Å². The Morgan fingerprint density at radius 3 is 2.39 bits per heavy atom. The van der Waals surface area contributed by atoms with Crippen molar-refractivity contribution in [1.82, 2.24) is 5.32 Å². The van der Waals surface area contributed by atoms with Crippen LogP contribution in [-0.4, -0.2) is 32.4 Å². The van der Waals surface area contributed by atoms with Crippen LogP contribution in [0, 0.1) is 6.92 Å². The number of hydrogen-bond acceptors (Lipinski definition) is 6. The van der Waals surface area contributed by atoms with Crippen LogP contribution in [0.5, 0.6) is 0 Å². The van der Waals surface area contributed by atoms with Crippen LogP contribution < -0.4 is 15.8 Å². The van der Waals surface area contributed by atoms with E-state index in [2.05, 4.69) is 4.72 Å². The number of benzene rings is 2. The SMILES string of the molecule is Cc1cccc(NS(=O)(=O)c2cccc(C(=O)O[C@@H](C)C(=O)NC(N)=O)c2)c1. The highest BCUT2D eigenvalue weighted by atomic mass is 32.2. The number of carbonyl (C=O) groups excluding carboxylic acids is 3. The van der Waals surface area contributed by atoms with E-state index >= 15 is 0 Å². The van der Waals surface area contributed by atoms with Gasteiger partial charge in [0.2, 0.25) is 0 Å². The monoisotopic (exact) mass is 405 g/mol. The Hall–Kier alpha value is -3.40. The molecule has 3 amide bonds. The van der Waals surface area contributed by atoms with E-state index in [1.807, 2.05) is 13.0 Å². The molecule has 4 N–H and O–H groups in total. The quantitative estimate of drug-likeness (QED) is 0.622. The van der Waals surface area contributed by atoms with E-state index in [1.165, 1.54) is 25.1 Å². The van der Waals surface area contributed by atoms with Gasteiger partial charge in [-0.3, -0.25) is 14.8 Å². The number of urea groups is 1. The lowest BCUT2D eigenvalue weighted by Gasteiger charge is -2.13. The second kappa shape index (κ2) is 8.53. The number of amides is 3. The molecule has 0 heterocycles. The zero-order valence-corrected chi connectivity index (χ0v) is 15.9. The summed E-state index contributed by atoms with van der Waals surface area (Å²) in [5, 5.41) is 1.78. The number of carbonyl (C=O) groups is 3. The summed E-state index contributed by atoms with van der Waals surface area (Å²) < 4.78 is 32.5. The number of imide groups is 1. The van der Waals surface area contributed by atoms with Gasteiger partial charge in [0, 0.05) is 5.69 Å². The van der Waals surface area contributed by atoms with Gasteiger partial charge in [-0.25, -0.2) is 18.0 Å². The van der Waals surface area contributed by atoms with E-state index in [0.717, 1.165) is 11.6 Å². The molecule has 28 heavy (non-hydrogen) atoms. The molecule has 9 nitrogen and oxygen atoms in total. The summed E-state index contributed by atoms with van der Waals surface area (Å²) in [5.41, 5.74) is 6.01. The van der Waals surface area contributed by atoms with Crippen molar-refractivity contribution in [2.45, 2.75) is 24.8 Å². The fraction of sp³-hybridized carbons (Fsp3) is 0.167. The Morgan fingerprint density at radius 2 is 1.75 bits per heavy atom. The molecule has 0 saturated heterocycles. The highest BCUT2D eigenvalue weighted by Gasteiger charge is 2.22. The summed E-state index contributed by atoms with van der Waals surface area (Å²) in [6, 6.07) is 10.9. The first-order valence-electron chi connectivity index (χ1n) is 8.09. The molecule has 10 heteroatoms. The van der Waals surface area contributed by atoms with Crippen molar-refractivity contribution in [3.8, 4) is 0 Å². The molecule has 0 spiro atoms. The predicted octanol–water partition coefficient (Wildman–Crippen LogP) is 1.54. The summed E-state index contributed by atoms with van der Waals surface area (Å²) >= 11 is 0. The number of sulfonamides is 1. The molecule has 2 rings (SSSR count). The zero-order valence-electron chi connectivity index (χ0n) is 15.1.